The average Bonchev–Trinajstić information content (AvgIpc) is 2.05. The van der Waals surface area contributed by atoms with Crippen LogP contribution in [-0.2, 0) is 0 Å². The minimum atomic E-state index is -0.810. The molecule has 0 saturated carbocycles. The van der Waals surface area contributed by atoms with Gasteiger partial charge in [-0.3, -0.25) is 0 Å². The van der Waals surface area contributed by atoms with Crippen LogP contribution in [0.4, 0.5) is 0 Å². The Balaban J connectivity index is 3.51. The number of aliphatic hydroxyl groups excluding tert-OH is 1. The fraction of sp³-hybridized carbons (Fsp3) is 1.00. The minimum Gasteiger partial charge on any atom is -0.393 e. The summed E-state index contributed by atoms with van der Waals surface area (Å²) in [6.45, 7) is 3.93. The maximum absolute atomic E-state index is 9.61. The zero-order valence-electron chi connectivity index (χ0n) is 7.64. The number of unbranched alkanes of at least 4 members (excludes halogenated alkanes) is 2. The molecule has 68 valence electrons. The molecule has 0 spiro atoms. The van der Waals surface area contributed by atoms with Crippen molar-refractivity contribution in [3.63, 3.8) is 0 Å². The van der Waals surface area contributed by atoms with Crippen LogP contribution >= 0.6 is 0 Å². The Kier molecular flexibility index (Phi) is 5.51. The molecule has 1 atom stereocenters. The number of hydrogen-bond donors (Lipinski definition) is 2. The van der Waals surface area contributed by atoms with Crippen molar-refractivity contribution < 1.29 is 10.2 Å². The van der Waals surface area contributed by atoms with Gasteiger partial charge in [0.1, 0.15) is 0 Å². The highest BCUT2D eigenvalue weighted by Gasteiger charge is 2.21. The van der Waals surface area contributed by atoms with Crippen LogP contribution < -0.4 is 0 Å². The number of hydrogen-bond acceptors (Lipinski definition) is 2. The highest BCUT2D eigenvalue weighted by Crippen LogP contribution is 2.17. The predicted molar refractivity (Wildman–Crippen MR) is 46.5 cm³/mol. The van der Waals surface area contributed by atoms with Crippen molar-refractivity contribution in [3.8, 4) is 0 Å². The molecule has 1 unspecified atom stereocenters. The Hall–Kier alpha value is -0.0800. The lowest BCUT2D eigenvalue weighted by Crippen LogP contribution is -2.31. The fourth-order valence-electron chi connectivity index (χ4n) is 1.07. The third kappa shape index (κ3) is 4.38. The SMILES string of the molecule is CCCCCC(O)(CC)CO. The second-order valence-electron chi connectivity index (χ2n) is 3.19. The molecule has 2 N–H and O–H groups in total. The van der Waals surface area contributed by atoms with Crippen LogP contribution in [0.1, 0.15) is 46.0 Å². The van der Waals surface area contributed by atoms with E-state index in [9.17, 15) is 5.11 Å². The Labute approximate surface area is 69.2 Å². The lowest BCUT2D eigenvalue weighted by atomic mass is 9.94. The van der Waals surface area contributed by atoms with Gasteiger partial charge in [0.25, 0.3) is 0 Å². The fourth-order valence-corrected chi connectivity index (χ4v) is 1.07. The van der Waals surface area contributed by atoms with E-state index in [4.69, 9.17) is 5.11 Å². The molecule has 0 fully saturated rings. The molecular formula is C9H20O2. The smallest absolute Gasteiger partial charge is 0.0874 e. The van der Waals surface area contributed by atoms with E-state index in [-0.39, 0.29) is 6.61 Å². The van der Waals surface area contributed by atoms with Gasteiger partial charge in [-0.1, -0.05) is 33.1 Å². The first kappa shape index (κ1) is 10.9. The van der Waals surface area contributed by atoms with Crippen molar-refractivity contribution >= 4 is 0 Å². The highest BCUT2D eigenvalue weighted by molar-refractivity contribution is 4.74. The molecule has 0 aliphatic heterocycles. The number of aliphatic hydroxyl groups is 2. The molecule has 0 aromatic carbocycles. The van der Waals surface area contributed by atoms with Crippen LogP contribution in [0.5, 0.6) is 0 Å². The Morgan fingerprint density at radius 1 is 1.18 bits per heavy atom. The second kappa shape index (κ2) is 5.56. The molecule has 2 nitrogen and oxygen atoms in total. The second-order valence-corrected chi connectivity index (χ2v) is 3.19. The van der Waals surface area contributed by atoms with Crippen molar-refractivity contribution in [2.75, 3.05) is 6.61 Å². The first-order valence-corrected chi connectivity index (χ1v) is 4.51. The van der Waals surface area contributed by atoms with Gasteiger partial charge in [0, 0.05) is 0 Å². The first-order valence-electron chi connectivity index (χ1n) is 4.51. The Morgan fingerprint density at radius 3 is 2.18 bits per heavy atom. The third-order valence-electron chi connectivity index (χ3n) is 2.20. The summed E-state index contributed by atoms with van der Waals surface area (Å²) < 4.78 is 0. The minimum absolute atomic E-state index is 0.104. The molecule has 0 bridgehead atoms. The van der Waals surface area contributed by atoms with E-state index in [1.165, 1.54) is 0 Å². The molecule has 0 saturated heterocycles. The maximum Gasteiger partial charge on any atom is 0.0874 e. The summed E-state index contributed by atoms with van der Waals surface area (Å²) in [4.78, 5) is 0. The number of rotatable bonds is 6. The molecule has 0 aromatic heterocycles. The zero-order valence-corrected chi connectivity index (χ0v) is 7.64. The van der Waals surface area contributed by atoms with E-state index in [1.54, 1.807) is 0 Å². The van der Waals surface area contributed by atoms with Crippen LogP contribution in [0.2, 0.25) is 0 Å². The summed E-state index contributed by atoms with van der Waals surface area (Å²) in [5, 5.41) is 18.4. The predicted octanol–water partition coefficient (Wildman–Crippen LogP) is 1.70. The monoisotopic (exact) mass is 160 g/mol. The third-order valence-corrected chi connectivity index (χ3v) is 2.20. The van der Waals surface area contributed by atoms with E-state index in [1.807, 2.05) is 6.92 Å². The summed E-state index contributed by atoms with van der Waals surface area (Å²) in [5.41, 5.74) is -0.810. The van der Waals surface area contributed by atoms with Gasteiger partial charge >= 0.3 is 0 Å². The van der Waals surface area contributed by atoms with Crippen LogP contribution in [0.15, 0.2) is 0 Å². The first-order chi connectivity index (χ1) is 5.18. The van der Waals surface area contributed by atoms with E-state index in [2.05, 4.69) is 6.92 Å². The normalized spacial score (nSPS) is 16.4. The van der Waals surface area contributed by atoms with E-state index >= 15 is 0 Å². The molecular weight excluding hydrogens is 140 g/mol. The molecule has 0 amide bonds. The summed E-state index contributed by atoms with van der Waals surface area (Å²) in [7, 11) is 0. The molecule has 0 heterocycles. The van der Waals surface area contributed by atoms with Gasteiger partial charge in [0.05, 0.1) is 12.2 Å². The van der Waals surface area contributed by atoms with Crippen molar-refractivity contribution in [2.24, 2.45) is 0 Å². The zero-order chi connectivity index (χ0) is 8.74. The van der Waals surface area contributed by atoms with Gasteiger partial charge in [0.15, 0.2) is 0 Å². The molecule has 0 radical (unpaired) electrons. The molecule has 0 aromatic rings. The molecule has 0 aliphatic carbocycles. The van der Waals surface area contributed by atoms with Gasteiger partial charge in [-0.25, -0.2) is 0 Å². The Morgan fingerprint density at radius 2 is 1.82 bits per heavy atom. The molecule has 0 aliphatic rings. The van der Waals surface area contributed by atoms with E-state index in [0.29, 0.717) is 6.42 Å². The summed E-state index contributed by atoms with van der Waals surface area (Å²) in [6, 6.07) is 0. The van der Waals surface area contributed by atoms with Crippen molar-refractivity contribution in [2.45, 2.75) is 51.6 Å². The van der Waals surface area contributed by atoms with E-state index in [0.717, 1.165) is 25.7 Å². The van der Waals surface area contributed by atoms with Crippen LogP contribution in [0.3, 0.4) is 0 Å². The topological polar surface area (TPSA) is 40.5 Å². The lowest BCUT2D eigenvalue weighted by molar-refractivity contribution is -0.0258. The van der Waals surface area contributed by atoms with Crippen molar-refractivity contribution in [3.05, 3.63) is 0 Å². The van der Waals surface area contributed by atoms with Gasteiger partial charge in [-0.15, -0.1) is 0 Å². The average molecular weight is 160 g/mol. The quantitative estimate of drug-likeness (QED) is 0.581. The van der Waals surface area contributed by atoms with Crippen LogP contribution in [0, 0.1) is 0 Å². The van der Waals surface area contributed by atoms with Crippen LogP contribution in [-0.4, -0.2) is 22.4 Å². The van der Waals surface area contributed by atoms with Gasteiger partial charge in [-0.2, -0.15) is 0 Å². The maximum atomic E-state index is 9.61. The summed E-state index contributed by atoms with van der Waals surface area (Å²) >= 11 is 0. The van der Waals surface area contributed by atoms with Gasteiger partial charge < -0.3 is 10.2 Å². The molecule has 0 rings (SSSR count). The molecule has 11 heavy (non-hydrogen) atoms. The summed E-state index contributed by atoms with van der Waals surface area (Å²) in [5.74, 6) is 0. The summed E-state index contributed by atoms with van der Waals surface area (Å²) in [6.07, 6.45) is 4.69. The van der Waals surface area contributed by atoms with Crippen LogP contribution in [0.25, 0.3) is 0 Å². The van der Waals surface area contributed by atoms with Gasteiger partial charge in [0.2, 0.25) is 0 Å². The standard InChI is InChI=1S/C9H20O2/c1-3-5-6-7-9(11,4-2)8-10/h10-11H,3-8H2,1-2H3. The van der Waals surface area contributed by atoms with Crippen molar-refractivity contribution in [1.29, 1.82) is 0 Å². The lowest BCUT2D eigenvalue weighted by Gasteiger charge is -2.23. The van der Waals surface area contributed by atoms with Crippen molar-refractivity contribution in [1.82, 2.24) is 0 Å². The van der Waals surface area contributed by atoms with Gasteiger partial charge in [-0.05, 0) is 12.8 Å². The highest BCUT2D eigenvalue weighted by atomic mass is 16.3. The molecule has 2 heteroatoms. The Bertz CT molecular complexity index is 87.6. The van der Waals surface area contributed by atoms with E-state index < -0.39 is 5.60 Å². The largest absolute Gasteiger partial charge is 0.393 e.